The molecule has 13 rings (SSSR count). The number of pyridine rings is 1. The van der Waals surface area contributed by atoms with Crippen LogP contribution in [0.25, 0.3) is 93.4 Å². The molecule has 12 aromatic rings. The Balaban J connectivity index is 1.30. The Morgan fingerprint density at radius 2 is 1.14 bits per heavy atom. The van der Waals surface area contributed by atoms with E-state index >= 15 is 0 Å². The number of fused-ring (bicyclic) bond motifs is 10. The Kier molecular flexibility index (Phi) is 6.34. The van der Waals surface area contributed by atoms with Crippen molar-refractivity contribution in [3.63, 3.8) is 0 Å². The molecule has 0 unspecified atom stereocenters. The standard InChI is InChI=1S/C54H32N4/c1-4-15-34(16-5-1)50-41-28-27-33-29-30-55-32-43(33)51(41)57-53(56-50)58-46-26-14-24-39-37-21-10-11-22-38(37)42-31-45-47(52(58)49(42)48(39)46)40-23-12-13-25-44(40)54(45,35-17-6-2-7-18-35)36-19-8-3-9-20-36/h1-32H. The van der Waals surface area contributed by atoms with E-state index in [1.165, 1.54) is 65.7 Å². The van der Waals surface area contributed by atoms with Crippen LogP contribution in [0.2, 0.25) is 0 Å². The fourth-order valence-corrected chi connectivity index (χ4v) is 10.4. The molecule has 0 saturated heterocycles. The highest BCUT2D eigenvalue weighted by molar-refractivity contribution is 6.36. The Labute approximate surface area is 333 Å². The SMILES string of the molecule is c1ccc(-c2nc(-n3c4cccc5c6ccccc6c6cc7c(c3c6c54)-c3ccccc3C7(c3ccccc3)c3ccccc3)nc3c2ccc2ccncc23)cc1. The summed E-state index contributed by atoms with van der Waals surface area (Å²) >= 11 is 0. The average Bonchev–Trinajstić information content (AvgIpc) is 3.80. The van der Waals surface area contributed by atoms with Gasteiger partial charge in [-0.05, 0) is 79.0 Å². The molecule has 4 heteroatoms. The predicted molar refractivity (Wildman–Crippen MR) is 238 cm³/mol. The summed E-state index contributed by atoms with van der Waals surface area (Å²) in [7, 11) is 0. The molecule has 0 saturated carbocycles. The molecule has 3 aromatic heterocycles. The van der Waals surface area contributed by atoms with Crippen LogP contribution >= 0.6 is 0 Å². The van der Waals surface area contributed by atoms with Crippen LogP contribution in [0.4, 0.5) is 0 Å². The molecule has 9 aromatic carbocycles. The van der Waals surface area contributed by atoms with Gasteiger partial charge in [0, 0.05) is 45.1 Å². The molecule has 1 aliphatic carbocycles. The number of nitrogens with zero attached hydrogens (tertiary/aromatic N) is 4. The lowest BCUT2D eigenvalue weighted by Crippen LogP contribution is -2.28. The van der Waals surface area contributed by atoms with Crippen LogP contribution in [-0.4, -0.2) is 19.5 Å². The molecule has 0 amide bonds. The lowest BCUT2D eigenvalue weighted by Gasteiger charge is -2.34. The molecular formula is C54H32N4. The average molecular weight is 737 g/mol. The van der Waals surface area contributed by atoms with Crippen molar-refractivity contribution in [2.45, 2.75) is 5.41 Å². The first-order chi connectivity index (χ1) is 28.8. The van der Waals surface area contributed by atoms with E-state index in [2.05, 4.69) is 192 Å². The van der Waals surface area contributed by atoms with Gasteiger partial charge >= 0.3 is 0 Å². The topological polar surface area (TPSA) is 43.6 Å². The molecule has 0 aliphatic heterocycles. The Hall–Kier alpha value is -7.69. The Morgan fingerprint density at radius 3 is 1.91 bits per heavy atom. The highest BCUT2D eigenvalue weighted by Gasteiger charge is 2.48. The van der Waals surface area contributed by atoms with E-state index in [1.54, 1.807) is 0 Å². The maximum absolute atomic E-state index is 5.62. The highest BCUT2D eigenvalue weighted by Crippen LogP contribution is 2.60. The molecule has 268 valence electrons. The van der Waals surface area contributed by atoms with Crippen LogP contribution in [0.5, 0.6) is 0 Å². The zero-order valence-electron chi connectivity index (χ0n) is 31.3. The molecule has 0 spiro atoms. The molecule has 1 aliphatic rings. The number of benzene rings is 9. The van der Waals surface area contributed by atoms with Crippen molar-refractivity contribution < 1.29 is 0 Å². The van der Waals surface area contributed by atoms with Gasteiger partial charge in [-0.15, -0.1) is 0 Å². The van der Waals surface area contributed by atoms with Crippen molar-refractivity contribution in [2.75, 3.05) is 0 Å². The van der Waals surface area contributed by atoms with Gasteiger partial charge in [-0.1, -0.05) is 158 Å². The molecule has 58 heavy (non-hydrogen) atoms. The third-order valence-corrected chi connectivity index (χ3v) is 12.7. The monoisotopic (exact) mass is 736 g/mol. The van der Waals surface area contributed by atoms with Crippen molar-refractivity contribution in [3.05, 3.63) is 217 Å². The zero-order chi connectivity index (χ0) is 38.0. The lowest BCUT2D eigenvalue weighted by molar-refractivity contribution is 0.770. The molecule has 0 radical (unpaired) electrons. The van der Waals surface area contributed by atoms with Gasteiger partial charge in [0.1, 0.15) is 0 Å². The first-order valence-electron chi connectivity index (χ1n) is 19.9. The first-order valence-corrected chi connectivity index (χ1v) is 19.9. The summed E-state index contributed by atoms with van der Waals surface area (Å²) in [4.78, 5) is 15.8. The number of hydrogen-bond donors (Lipinski definition) is 0. The smallest absolute Gasteiger partial charge is 0.235 e. The van der Waals surface area contributed by atoms with Gasteiger partial charge in [0.25, 0.3) is 0 Å². The first kappa shape index (κ1) is 31.5. The van der Waals surface area contributed by atoms with Gasteiger partial charge in [0.05, 0.1) is 27.7 Å². The summed E-state index contributed by atoms with van der Waals surface area (Å²) in [5.41, 5.74) is 11.9. The summed E-state index contributed by atoms with van der Waals surface area (Å²) in [6.45, 7) is 0. The minimum atomic E-state index is -0.586. The van der Waals surface area contributed by atoms with Gasteiger partial charge in [-0.25, -0.2) is 9.97 Å². The second-order valence-corrected chi connectivity index (χ2v) is 15.5. The van der Waals surface area contributed by atoms with Crippen LogP contribution in [0.15, 0.2) is 194 Å². The van der Waals surface area contributed by atoms with Crippen molar-refractivity contribution in [1.82, 2.24) is 19.5 Å². The maximum atomic E-state index is 5.62. The Bertz CT molecular complexity index is 3570. The van der Waals surface area contributed by atoms with Crippen LogP contribution < -0.4 is 0 Å². The van der Waals surface area contributed by atoms with Gasteiger partial charge in [-0.3, -0.25) is 9.55 Å². The van der Waals surface area contributed by atoms with E-state index in [1.807, 2.05) is 12.4 Å². The van der Waals surface area contributed by atoms with Gasteiger partial charge in [-0.2, -0.15) is 0 Å². The van der Waals surface area contributed by atoms with E-state index in [9.17, 15) is 0 Å². The second kappa shape index (κ2) is 11.7. The second-order valence-electron chi connectivity index (χ2n) is 15.5. The summed E-state index contributed by atoms with van der Waals surface area (Å²) in [6, 6.07) is 66.2. The summed E-state index contributed by atoms with van der Waals surface area (Å²) in [5, 5.41) is 10.5. The Morgan fingerprint density at radius 1 is 0.466 bits per heavy atom. The van der Waals surface area contributed by atoms with Crippen molar-refractivity contribution in [2.24, 2.45) is 0 Å². The van der Waals surface area contributed by atoms with Gasteiger partial charge in [0.2, 0.25) is 5.95 Å². The van der Waals surface area contributed by atoms with E-state index < -0.39 is 5.41 Å². The molecule has 0 N–H and O–H groups in total. The largest absolute Gasteiger partial charge is 0.277 e. The van der Waals surface area contributed by atoms with E-state index in [4.69, 9.17) is 9.97 Å². The number of hydrogen-bond acceptors (Lipinski definition) is 3. The molecule has 0 bridgehead atoms. The van der Waals surface area contributed by atoms with E-state index in [0.717, 1.165) is 44.0 Å². The van der Waals surface area contributed by atoms with E-state index in [0.29, 0.717) is 5.95 Å². The fraction of sp³-hybridized carbons (Fsp3) is 0.0185. The fourth-order valence-electron chi connectivity index (χ4n) is 10.4. The number of rotatable bonds is 4. The highest BCUT2D eigenvalue weighted by atomic mass is 15.2. The summed E-state index contributed by atoms with van der Waals surface area (Å²) in [6.07, 6.45) is 3.79. The van der Waals surface area contributed by atoms with Crippen LogP contribution in [0.1, 0.15) is 22.3 Å². The minimum Gasteiger partial charge on any atom is -0.277 e. The van der Waals surface area contributed by atoms with Crippen molar-refractivity contribution >= 4 is 65.0 Å². The van der Waals surface area contributed by atoms with Crippen molar-refractivity contribution in [1.29, 1.82) is 0 Å². The molecule has 3 heterocycles. The maximum Gasteiger partial charge on any atom is 0.235 e. The third kappa shape index (κ3) is 4.01. The molecule has 0 atom stereocenters. The predicted octanol–water partition coefficient (Wildman–Crippen LogP) is 13.0. The zero-order valence-corrected chi connectivity index (χ0v) is 31.3. The van der Waals surface area contributed by atoms with Crippen LogP contribution in [0.3, 0.4) is 0 Å². The summed E-state index contributed by atoms with van der Waals surface area (Å²) in [5.74, 6) is 0.638. The molecular weight excluding hydrogens is 705 g/mol. The van der Waals surface area contributed by atoms with Gasteiger partial charge < -0.3 is 0 Å². The molecule has 0 fully saturated rings. The van der Waals surface area contributed by atoms with E-state index in [-0.39, 0.29) is 0 Å². The van der Waals surface area contributed by atoms with Crippen LogP contribution in [-0.2, 0) is 5.41 Å². The normalized spacial score (nSPS) is 13.3. The lowest BCUT2D eigenvalue weighted by atomic mass is 9.67. The quantitative estimate of drug-likeness (QED) is 0.169. The van der Waals surface area contributed by atoms with Crippen LogP contribution in [0, 0.1) is 0 Å². The number of aromatic nitrogens is 4. The van der Waals surface area contributed by atoms with Crippen molar-refractivity contribution in [3.8, 4) is 28.3 Å². The third-order valence-electron chi connectivity index (χ3n) is 12.7. The van der Waals surface area contributed by atoms with Gasteiger partial charge in [0.15, 0.2) is 0 Å². The summed E-state index contributed by atoms with van der Waals surface area (Å²) < 4.78 is 2.38. The minimum absolute atomic E-state index is 0.586. The molecule has 4 nitrogen and oxygen atoms in total.